The summed E-state index contributed by atoms with van der Waals surface area (Å²) in [6.07, 6.45) is 0.663. The Kier molecular flexibility index (Phi) is 13.5. The summed E-state index contributed by atoms with van der Waals surface area (Å²) >= 11 is 7.52. The van der Waals surface area contributed by atoms with E-state index in [1.54, 1.807) is 48.5 Å². The molecule has 4 amide bonds. The van der Waals surface area contributed by atoms with Crippen LogP contribution >= 0.6 is 22.9 Å². The van der Waals surface area contributed by atoms with Gasteiger partial charge in [-0.2, -0.15) is 0 Å². The molecule has 0 saturated carbocycles. The van der Waals surface area contributed by atoms with Crippen LogP contribution in [0.25, 0.3) is 0 Å². The molecule has 4 aromatic rings. The standard InChI is InChI=1S/C36H40ClN5O5S/c1-2-47-27-16-12-25(13-17-27)21-32(35(45)40-30(33(39)43)22-28-9-6-18-48-28)42-36(46)31(20-24-10-14-26(37)15-11-24)41-34(44)29(38)19-23-7-4-3-5-8-23/h3-18,29-32H,2,19-22,38H2,1H3,(H2,39,43)(H,40,45)(H,41,44)(H,42,46). The van der Waals surface area contributed by atoms with Crippen LogP contribution in [0.1, 0.15) is 28.5 Å². The second-order valence-corrected chi connectivity index (χ2v) is 12.7. The van der Waals surface area contributed by atoms with Crippen LogP contribution < -0.4 is 32.2 Å². The average molecular weight is 690 g/mol. The van der Waals surface area contributed by atoms with Crippen molar-refractivity contribution in [2.75, 3.05) is 6.61 Å². The van der Waals surface area contributed by atoms with Gasteiger partial charge in [-0.3, -0.25) is 19.2 Å². The first-order valence-corrected chi connectivity index (χ1v) is 16.9. The third-order valence-corrected chi connectivity index (χ3v) is 8.72. The molecule has 12 heteroatoms. The molecule has 4 unspecified atom stereocenters. The molecule has 0 spiro atoms. The molecule has 7 N–H and O–H groups in total. The van der Waals surface area contributed by atoms with Crippen molar-refractivity contribution in [1.82, 2.24) is 16.0 Å². The number of primary amides is 1. The number of rotatable bonds is 17. The zero-order valence-corrected chi connectivity index (χ0v) is 28.1. The molecule has 3 aromatic carbocycles. The fourth-order valence-electron chi connectivity index (χ4n) is 5.04. The summed E-state index contributed by atoms with van der Waals surface area (Å²) < 4.78 is 5.54. The second kappa shape index (κ2) is 18.0. The van der Waals surface area contributed by atoms with Gasteiger partial charge in [-0.05, 0) is 65.7 Å². The van der Waals surface area contributed by atoms with Gasteiger partial charge in [0.25, 0.3) is 0 Å². The number of benzene rings is 3. The number of halogens is 1. The molecular formula is C36H40ClN5O5S. The van der Waals surface area contributed by atoms with Crippen LogP contribution in [-0.2, 0) is 44.9 Å². The quantitative estimate of drug-likeness (QED) is 0.114. The van der Waals surface area contributed by atoms with Gasteiger partial charge in [-0.25, -0.2) is 0 Å². The molecule has 1 heterocycles. The van der Waals surface area contributed by atoms with Crippen LogP contribution in [-0.4, -0.2) is 54.4 Å². The molecular weight excluding hydrogens is 650 g/mol. The van der Waals surface area contributed by atoms with E-state index in [4.69, 9.17) is 27.8 Å². The van der Waals surface area contributed by atoms with Gasteiger partial charge in [0, 0.05) is 29.2 Å². The van der Waals surface area contributed by atoms with Crippen molar-refractivity contribution >= 4 is 46.6 Å². The van der Waals surface area contributed by atoms with Crippen LogP contribution in [0.3, 0.4) is 0 Å². The largest absolute Gasteiger partial charge is 0.494 e. The molecule has 0 radical (unpaired) electrons. The van der Waals surface area contributed by atoms with E-state index in [1.807, 2.05) is 54.8 Å². The van der Waals surface area contributed by atoms with E-state index in [0.29, 0.717) is 17.4 Å². The number of hydrogen-bond acceptors (Lipinski definition) is 7. The number of carbonyl (C=O) groups excluding carboxylic acids is 4. The Morgan fingerprint density at radius 3 is 1.77 bits per heavy atom. The van der Waals surface area contributed by atoms with Gasteiger partial charge in [0.1, 0.15) is 23.9 Å². The first kappa shape index (κ1) is 36.1. The third kappa shape index (κ3) is 11.2. The normalized spacial score (nSPS) is 13.4. The molecule has 48 heavy (non-hydrogen) atoms. The average Bonchev–Trinajstić information content (AvgIpc) is 3.59. The molecule has 10 nitrogen and oxygen atoms in total. The molecule has 0 aliphatic heterocycles. The summed E-state index contributed by atoms with van der Waals surface area (Å²) in [5.74, 6) is -1.78. The highest BCUT2D eigenvalue weighted by Crippen LogP contribution is 2.16. The Labute approximate surface area is 289 Å². The molecule has 0 aliphatic carbocycles. The molecule has 0 aliphatic rings. The van der Waals surface area contributed by atoms with E-state index >= 15 is 0 Å². The van der Waals surface area contributed by atoms with E-state index in [9.17, 15) is 19.2 Å². The van der Waals surface area contributed by atoms with Crippen molar-refractivity contribution in [3.63, 3.8) is 0 Å². The van der Waals surface area contributed by atoms with Crippen LogP contribution in [0.5, 0.6) is 5.75 Å². The SMILES string of the molecule is CCOc1ccc(CC(NC(=O)C(Cc2ccc(Cl)cc2)NC(=O)C(N)Cc2ccccc2)C(=O)NC(Cc2cccs2)C(N)=O)cc1. The Bertz CT molecular complexity index is 1640. The lowest BCUT2D eigenvalue weighted by atomic mass is 10.0. The Morgan fingerprint density at radius 2 is 1.23 bits per heavy atom. The van der Waals surface area contributed by atoms with Crippen LogP contribution in [0.2, 0.25) is 5.02 Å². The van der Waals surface area contributed by atoms with Crippen LogP contribution in [0.4, 0.5) is 0 Å². The maximum Gasteiger partial charge on any atom is 0.243 e. The highest BCUT2D eigenvalue weighted by atomic mass is 35.5. The highest BCUT2D eigenvalue weighted by molar-refractivity contribution is 7.09. The van der Waals surface area contributed by atoms with Crippen LogP contribution in [0.15, 0.2) is 96.4 Å². The van der Waals surface area contributed by atoms with Gasteiger partial charge in [-0.15, -0.1) is 11.3 Å². The van der Waals surface area contributed by atoms with Crippen molar-refractivity contribution < 1.29 is 23.9 Å². The third-order valence-electron chi connectivity index (χ3n) is 7.57. The summed E-state index contributed by atoms with van der Waals surface area (Å²) in [6.45, 7) is 2.37. The molecule has 1 aromatic heterocycles. The van der Waals surface area contributed by atoms with E-state index in [1.165, 1.54) is 11.3 Å². The number of amides is 4. The minimum Gasteiger partial charge on any atom is -0.494 e. The molecule has 0 saturated heterocycles. The number of nitrogens with two attached hydrogens (primary N) is 2. The molecule has 4 atom stereocenters. The van der Waals surface area contributed by atoms with Gasteiger partial charge in [-0.1, -0.05) is 72.3 Å². The number of nitrogens with one attached hydrogen (secondary N) is 3. The Balaban J connectivity index is 1.57. The summed E-state index contributed by atoms with van der Waals surface area (Å²) in [5, 5.41) is 10.7. The fraction of sp³-hybridized carbons (Fsp3) is 0.278. The first-order valence-electron chi connectivity index (χ1n) is 15.6. The Morgan fingerprint density at radius 1 is 0.688 bits per heavy atom. The van der Waals surface area contributed by atoms with Gasteiger partial charge in [0.15, 0.2) is 0 Å². The zero-order chi connectivity index (χ0) is 34.5. The molecule has 4 rings (SSSR count). The minimum atomic E-state index is -1.12. The summed E-state index contributed by atoms with van der Waals surface area (Å²) in [7, 11) is 0. The molecule has 0 bridgehead atoms. The van der Waals surface area contributed by atoms with Crippen molar-refractivity contribution in [2.24, 2.45) is 11.5 Å². The molecule has 0 fully saturated rings. The van der Waals surface area contributed by atoms with Gasteiger partial charge in [0.2, 0.25) is 23.6 Å². The van der Waals surface area contributed by atoms with E-state index < -0.39 is 47.8 Å². The summed E-state index contributed by atoms with van der Waals surface area (Å²) in [4.78, 5) is 54.3. The lowest BCUT2D eigenvalue weighted by Crippen LogP contribution is -2.58. The zero-order valence-electron chi connectivity index (χ0n) is 26.6. The van der Waals surface area contributed by atoms with Crippen LogP contribution in [0, 0.1) is 0 Å². The van der Waals surface area contributed by atoms with Gasteiger partial charge in [0.05, 0.1) is 12.6 Å². The lowest BCUT2D eigenvalue weighted by Gasteiger charge is -2.26. The fourth-order valence-corrected chi connectivity index (χ4v) is 5.91. The minimum absolute atomic E-state index is 0.0869. The monoisotopic (exact) mass is 689 g/mol. The van der Waals surface area contributed by atoms with E-state index in [0.717, 1.165) is 21.6 Å². The number of hydrogen-bond donors (Lipinski definition) is 5. The highest BCUT2D eigenvalue weighted by Gasteiger charge is 2.31. The van der Waals surface area contributed by atoms with Crippen molar-refractivity contribution in [2.45, 2.75) is 56.8 Å². The van der Waals surface area contributed by atoms with Gasteiger partial charge < -0.3 is 32.2 Å². The summed E-state index contributed by atoms with van der Waals surface area (Å²) in [6, 6.07) is 22.9. The number of carbonyl (C=O) groups is 4. The topological polar surface area (TPSA) is 166 Å². The van der Waals surface area contributed by atoms with E-state index in [2.05, 4.69) is 16.0 Å². The van der Waals surface area contributed by atoms with Crippen molar-refractivity contribution in [3.05, 3.63) is 123 Å². The Hall–Kier alpha value is -4.71. The van der Waals surface area contributed by atoms with Gasteiger partial charge >= 0.3 is 0 Å². The predicted molar refractivity (Wildman–Crippen MR) is 188 cm³/mol. The number of thiophene rings is 1. The van der Waals surface area contributed by atoms with E-state index in [-0.39, 0.29) is 25.7 Å². The smallest absolute Gasteiger partial charge is 0.243 e. The van der Waals surface area contributed by atoms with Crippen molar-refractivity contribution in [1.29, 1.82) is 0 Å². The molecule has 252 valence electrons. The summed E-state index contributed by atoms with van der Waals surface area (Å²) in [5.41, 5.74) is 14.3. The second-order valence-electron chi connectivity index (χ2n) is 11.3. The first-order chi connectivity index (χ1) is 23.1. The number of ether oxygens (including phenoxy) is 1. The maximum absolute atomic E-state index is 14.0. The predicted octanol–water partition coefficient (Wildman–Crippen LogP) is 3.34. The van der Waals surface area contributed by atoms with Crippen molar-refractivity contribution in [3.8, 4) is 5.75 Å². The lowest BCUT2D eigenvalue weighted by molar-refractivity contribution is -0.133. The maximum atomic E-state index is 14.0.